The quantitative estimate of drug-likeness (QED) is 0.546. The molecule has 1 N–H and O–H groups in total. The van der Waals surface area contributed by atoms with Crippen molar-refractivity contribution in [2.45, 2.75) is 39.5 Å². The number of fused-ring (bicyclic) bond motifs is 1. The van der Waals surface area contributed by atoms with Crippen LogP contribution in [-0.2, 0) is 13.2 Å². The van der Waals surface area contributed by atoms with E-state index in [2.05, 4.69) is 62.5 Å². The third-order valence-electron chi connectivity index (χ3n) is 4.13. The maximum absolute atomic E-state index is 6.25. The lowest BCUT2D eigenvalue weighted by Crippen LogP contribution is -2.35. The molecule has 0 fully saturated rings. The highest BCUT2D eigenvalue weighted by molar-refractivity contribution is 6.31. The molecule has 0 aromatic heterocycles. The van der Waals surface area contributed by atoms with Crippen molar-refractivity contribution in [3.05, 3.63) is 76.8 Å². The molecule has 0 bridgehead atoms. The molecule has 0 saturated heterocycles. The first-order valence-electron chi connectivity index (χ1n) is 8.56. The van der Waals surface area contributed by atoms with Gasteiger partial charge in [0.2, 0.25) is 0 Å². The molecule has 0 heterocycles. The van der Waals surface area contributed by atoms with Crippen molar-refractivity contribution in [2.24, 2.45) is 0 Å². The third kappa shape index (κ3) is 5.14. The van der Waals surface area contributed by atoms with Crippen molar-refractivity contribution in [2.75, 3.05) is 0 Å². The zero-order valence-corrected chi connectivity index (χ0v) is 17.0. The number of benzene rings is 3. The van der Waals surface area contributed by atoms with Crippen molar-refractivity contribution in [1.29, 1.82) is 0 Å². The average Bonchev–Trinajstić information content (AvgIpc) is 2.58. The summed E-state index contributed by atoms with van der Waals surface area (Å²) in [6.45, 7) is 7.72. The molecule has 4 heteroatoms. The van der Waals surface area contributed by atoms with Gasteiger partial charge >= 0.3 is 0 Å². The number of nitrogens with one attached hydrogen (secondary N) is 1. The molecule has 3 rings (SSSR count). The molecule has 3 aromatic carbocycles. The largest absolute Gasteiger partial charge is 0.488 e. The SMILES string of the molecule is CC(C)(C)NCc1c(OCc2ccccc2Cl)ccc2ccccc12.Cl. The van der Waals surface area contributed by atoms with Crippen LogP contribution in [0.5, 0.6) is 5.75 Å². The van der Waals surface area contributed by atoms with E-state index in [9.17, 15) is 0 Å². The highest BCUT2D eigenvalue weighted by Crippen LogP contribution is 2.30. The van der Waals surface area contributed by atoms with Gasteiger partial charge < -0.3 is 10.1 Å². The highest BCUT2D eigenvalue weighted by atomic mass is 35.5. The summed E-state index contributed by atoms with van der Waals surface area (Å²) in [5, 5.41) is 6.75. The first-order chi connectivity index (χ1) is 11.9. The van der Waals surface area contributed by atoms with E-state index in [0.717, 1.165) is 22.9 Å². The first kappa shape index (κ1) is 20.6. The van der Waals surface area contributed by atoms with Gasteiger partial charge in [-0.15, -0.1) is 12.4 Å². The fourth-order valence-corrected chi connectivity index (χ4v) is 2.95. The van der Waals surface area contributed by atoms with Crippen LogP contribution in [0.3, 0.4) is 0 Å². The van der Waals surface area contributed by atoms with Crippen LogP contribution in [-0.4, -0.2) is 5.54 Å². The summed E-state index contributed by atoms with van der Waals surface area (Å²) in [4.78, 5) is 0. The summed E-state index contributed by atoms with van der Waals surface area (Å²) in [5.41, 5.74) is 2.21. The fraction of sp³-hybridized carbons (Fsp3) is 0.273. The third-order valence-corrected chi connectivity index (χ3v) is 4.50. The topological polar surface area (TPSA) is 21.3 Å². The normalized spacial score (nSPS) is 11.2. The van der Waals surface area contributed by atoms with E-state index in [0.29, 0.717) is 6.61 Å². The van der Waals surface area contributed by atoms with Crippen molar-refractivity contribution >= 4 is 34.8 Å². The Hall–Kier alpha value is -1.74. The van der Waals surface area contributed by atoms with E-state index >= 15 is 0 Å². The summed E-state index contributed by atoms with van der Waals surface area (Å²) in [6.07, 6.45) is 0. The smallest absolute Gasteiger partial charge is 0.124 e. The summed E-state index contributed by atoms with van der Waals surface area (Å²) >= 11 is 6.25. The Kier molecular flexibility index (Phi) is 6.94. The van der Waals surface area contributed by atoms with Crippen LogP contribution < -0.4 is 10.1 Å². The Morgan fingerprint density at radius 1 is 0.923 bits per heavy atom. The van der Waals surface area contributed by atoms with Gasteiger partial charge in [-0.2, -0.15) is 0 Å². The lowest BCUT2D eigenvalue weighted by molar-refractivity contribution is 0.301. The summed E-state index contributed by atoms with van der Waals surface area (Å²) < 4.78 is 6.15. The van der Waals surface area contributed by atoms with Gasteiger partial charge in [0, 0.05) is 28.2 Å². The maximum atomic E-state index is 6.25. The molecule has 0 amide bonds. The van der Waals surface area contributed by atoms with Crippen LogP contribution in [0.1, 0.15) is 31.9 Å². The minimum absolute atomic E-state index is 0. The van der Waals surface area contributed by atoms with Gasteiger partial charge in [0.05, 0.1) is 0 Å². The molecule has 0 radical (unpaired) electrons. The number of ether oxygens (including phenoxy) is 1. The monoisotopic (exact) mass is 389 g/mol. The van der Waals surface area contributed by atoms with E-state index in [1.807, 2.05) is 24.3 Å². The van der Waals surface area contributed by atoms with Crippen molar-refractivity contribution in [3.63, 3.8) is 0 Å². The van der Waals surface area contributed by atoms with Crippen molar-refractivity contribution < 1.29 is 4.74 Å². The minimum atomic E-state index is 0. The zero-order chi connectivity index (χ0) is 17.9. The number of rotatable bonds is 5. The van der Waals surface area contributed by atoms with Crippen LogP contribution in [0.15, 0.2) is 60.7 Å². The molecule has 3 aromatic rings. The van der Waals surface area contributed by atoms with Gasteiger partial charge in [0.15, 0.2) is 0 Å². The number of halogens is 2. The van der Waals surface area contributed by atoms with Gasteiger partial charge in [-0.25, -0.2) is 0 Å². The lowest BCUT2D eigenvalue weighted by Gasteiger charge is -2.23. The summed E-state index contributed by atoms with van der Waals surface area (Å²) in [7, 11) is 0. The second kappa shape index (κ2) is 8.77. The number of hydrogen-bond acceptors (Lipinski definition) is 2. The molecular weight excluding hydrogens is 365 g/mol. The Balaban J connectivity index is 0.00000243. The molecule has 0 aliphatic heterocycles. The predicted octanol–water partition coefficient (Wildman–Crippen LogP) is 6.38. The van der Waals surface area contributed by atoms with Crippen molar-refractivity contribution in [3.8, 4) is 5.75 Å². The second-order valence-electron chi connectivity index (χ2n) is 7.25. The van der Waals surface area contributed by atoms with E-state index in [4.69, 9.17) is 16.3 Å². The average molecular weight is 390 g/mol. The Morgan fingerprint density at radius 2 is 1.62 bits per heavy atom. The van der Waals surface area contributed by atoms with Gasteiger partial charge in [-0.3, -0.25) is 0 Å². The fourth-order valence-electron chi connectivity index (χ4n) is 2.76. The van der Waals surface area contributed by atoms with E-state index in [1.165, 1.54) is 16.3 Å². The van der Waals surface area contributed by atoms with Crippen LogP contribution in [0.25, 0.3) is 10.8 Å². The predicted molar refractivity (Wildman–Crippen MR) is 114 cm³/mol. The Bertz CT molecular complexity index is 871. The van der Waals surface area contributed by atoms with Crippen LogP contribution in [0, 0.1) is 0 Å². The van der Waals surface area contributed by atoms with Gasteiger partial charge in [0.25, 0.3) is 0 Å². The standard InChI is InChI=1S/C22H24ClNO.ClH/c1-22(2,3)24-14-19-18-10-6-4-8-16(18)12-13-21(19)25-15-17-9-5-7-11-20(17)23;/h4-13,24H,14-15H2,1-3H3;1H. The summed E-state index contributed by atoms with van der Waals surface area (Å²) in [6, 6.07) is 20.4. The molecule has 0 spiro atoms. The lowest BCUT2D eigenvalue weighted by atomic mass is 10.0. The minimum Gasteiger partial charge on any atom is -0.488 e. The molecule has 0 saturated carbocycles. The molecule has 138 valence electrons. The molecule has 0 aliphatic rings. The molecule has 26 heavy (non-hydrogen) atoms. The first-order valence-corrected chi connectivity index (χ1v) is 8.94. The van der Waals surface area contributed by atoms with E-state index < -0.39 is 0 Å². The zero-order valence-electron chi connectivity index (χ0n) is 15.4. The number of hydrogen-bond donors (Lipinski definition) is 1. The highest BCUT2D eigenvalue weighted by Gasteiger charge is 2.14. The van der Waals surface area contributed by atoms with E-state index in [1.54, 1.807) is 0 Å². The maximum Gasteiger partial charge on any atom is 0.124 e. The van der Waals surface area contributed by atoms with Crippen LogP contribution in [0.4, 0.5) is 0 Å². The molecule has 0 unspecified atom stereocenters. The Morgan fingerprint density at radius 3 is 2.35 bits per heavy atom. The van der Waals surface area contributed by atoms with Gasteiger partial charge in [-0.1, -0.05) is 60.1 Å². The van der Waals surface area contributed by atoms with Crippen LogP contribution in [0.2, 0.25) is 5.02 Å². The van der Waals surface area contributed by atoms with Gasteiger partial charge in [-0.05, 0) is 43.7 Å². The Labute approximate surface area is 166 Å². The van der Waals surface area contributed by atoms with Crippen LogP contribution >= 0.6 is 24.0 Å². The molecule has 0 aliphatic carbocycles. The molecule has 2 nitrogen and oxygen atoms in total. The van der Waals surface area contributed by atoms with Crippen molar-refractivity contribution in [1.82, 2.24) is 5.32 Å². The van der Waals surface area contributed by atoms with Gasteiger partial charge in [0.1, 0.15) is 12.4 Å². The second-order valence-corrected chi connectivity index (χ2v) is 7.65. The summed E-state index contributed by atoms with van der Waals surface area (Å²) in [5.74, 6) is 0.898. The van der Waals surface area contributed by atoms with E-state index in [-0.39, 0.29) is 17.9 Å². The molecular formula is C22H25Cl2NO. The molecule has 0 atom stereocenters.